The Morgan fingerprint density at radius 1 is 1.62 bits per heavy atom. The molecule has 1 aromatic rings. The van der Waals surface area contributed by atoms with Gasteiger partial charge in [0.05, 0.1) is 18.6 Å². The molecule has 1 aliphatic heterocycles. The van der Waals surface area contributed by atoms with Crippen molar-refractivity contribution in [3.05, 3.63) is 21.1 Å². The number of carboxylic acid groups (broad SMARTS) is 1. The van der Waals surface area contributed by atoms with E-state index in [0.717, 1.165) is 6.42 Å². The number of aromatic nitrogens is 2. The van der Waals surface area contributed by atoms with E-state index in [1.165, 1.54) is 4.57 Å². The molecule has 0 aliphatic carbocycles. The van der Waals surface area contributed by atoms with Gasteiger partial charge in [-0.2, -0.15) is 4.98 Å². The van der Waals surface area contributed by atoms with Crippen molar-refractivity contribution in [2.45, 2.75) is 19.4 Å². The van der Waals surface area contributed by atoms with Crippen LogP contribution in [0.25, 0.3) is 0 Å². The summed E-state index contributed by atoms with van der Waals surface area (Å²) in [5.74, 6) is -1.11. The molecule has 1 aliphatic rings. The Hall–Kier alpha value is -1.56. The molecule has 0 saturated heterocycles. The Bertz CT molecular complexity index is 497. The van der Waals surface area contributed by atoms with E-state index in [9.17, 15) is 9.59 Å². The summed E-state index contributed by atoms with van der Waals surface area (Å²) in [5.41, 5.74) is -0.635. The van der Waals surface area contributed by atoms with Crippen molar-refractivity contribution in [1.82, 2.24) is 9.55 Å². The quantitative estimate of drug-likeness (QED) is 0.757. The first-order valence-corrected chi connectivity index (χ1v) is 5.11. The monoisotopic (exact) mass is 244 g/mol. The molecule has 0 atom stereocenters. The van der Waals surface area contributed by atoms with Crippen LogP contribution in [0.5, 0.6) is 6.01 Å². The highest BCUT2D eigenvalue weighted by molar-refractivity contribution is 6.30. The van der Waals surface area contributed by atoms with Crippen molar-refractivity contribution in [1.29, 1.82) is 0 Å². The van der Waals surface area contributed by atoms with E-state index < -0.39 is 17.9 Å². The number of nitrogens with zero attached hydrogens (tertiary/aromatic N) is 2. The number of halogens is 1. The topological polar surface area (TPSA) is 81.4 Å². The predicted molar refractivity (Wildman–Crippen MR) is 55.0 cm³/mol. The fourth-order valence-corrected chi connectivity index (χ4v) is 1.84. The van der Waals surface area contributed by atoms with Gasteiger partial charge in [0.25, 0.3) is 5.56 Å². The van der Waals surface area contributed by atoms with Gasteiger partial charge in [0.1, 0.15) is 5.15 Å². The third-order valence-electron chi connectivity index (χ3n) is 2.26. The van der Waals surface area contributed by atoms with Crippen LogP contribution in [-0.4, -0.2) is 27.2 Å². The van der Waals surface area contributed by atoms with Crippen molar-refractivity contribution >= 4 is 17.6 Å². The Morgan fingerprint density at radius 3 is 3.06 bits per heavy atom. The first kappa shape index (κ1) is 10.9. The van der Waals surface area contributed by atoms with Crippen LogP contribution in [0.2, 0.25) is 5.15 Å². The van der Waals surface area contributed by atoms with Gasteiger partial charge in [-0.1, -0.05) is 11.6 Å². The van der Waals surface area contributed by atoms with Crippen molar-refractivity contribution in [2.75, 3.05) is 6.61 Å². The predicted octanol–water partition coefficient (Wildman–Crippen LogP) is 0.306. The van der Waals surface area contributed by atoms with Gasteiger partial charge in [-0.15, -0.1) is 0 Å². The molecule has 0 spiro atoms. The second-order valence-electron chi connectivity index (χ2n) is 3.39. The maximum absolute atomic E-state index is 11.5. The lowest BCUT2D eigenvalue weighted by Gasteiger charge is -2.20. The molecule has 7 heteroatoms. The smallest absolute Gasteiger partial charge is 0.308 e. The molecule has 2 rings (SSSR count). The zero-order valence-corrected chi connectivity index (χ0v) is 9.03. The van der Waals surface area contributed by atoms with E-state index in [0.29, 0.717) is 13.2 Å². The molecular weight excluding hydrogens is 236 g/mol. The number of ether oxygens (including phenoxy) is 1. The molecule has 0 fully saturated rings. The Labute approximate surface area is 95.4 Å². The van der Waals surface area contributed by atoms with Crippen LogP contribution >= 0.6 is 11.6 Å². The fraction of sp³-hybridized carbons (Fsp3) is 0.444. The van der Waals surface area contributed by atoms with Gasteiger partial charge in [-0.3, -0.25) is 14.2 Å². The number of rotatable bonds is 2. The van der Waals surface area contributed by atoms with Crippen LogP contribution in [0.15, 0.2) is 4.79 Å². The summed E-state index contributed by atoms with van der Waals surface area (Å²) >= 11 is 5.96. The minimum Gasteiger partial charge on any atom is -0.481 e. The zero-order chi connectivity index (χ0) is 11.7. The molecule has 0 amide bonds. The van der Waals surface area contributed by atoms with Gasteiger partial charge in [0, 0.05) is 6.54 Å². The second-order valence-corrected chi connectivity index (χ2v) is 3.75. The van der Waals surface area contributed by atoms with Crippen LogP contribution in [-0.2, 0) is 17.8 Å². The third-order valence-corrected chi connectivity index (χ3v) is 2.69. The minimum absolute atomic E-state index is 0.00316. The van der Waals surface area contributed by atoms with Crippen LogP contribution < -0.4 is 10.3 Å². The van der Waals surface area contributed by atoms with Crippen LogP contribution in [0.4, 0.5) is 0 Å². The number of aliphatic carboxylic acids is 1. The van der Waals surface area contributed by atoms with E-state index in [1.807, 2.05) is 0 Å². The first-order valence-electron chi connectivity index (χ1n) is 4.73. The first-order chi connectivity index (χ1) is 7.59. The third kappa shape index (κ3) is 1.88. The number of hydrogen-bond donors (Lipinski definition) is 1. The molecule has 0 radical (unpaired) electrons. The number of carboxylic acids is 1. The summed E-state index contributed by atoms with van der Waals surface area (Å²) in [5, 5.41) is 8.76. The summed E-state index contributed by atoms with van der Waals surface area (Å²) in [4.78, 5) is 25.7. The van der Waals surface area contributed by atoms with Crippen molar-refractivity contribution in [3.63, 3.8) is 0 Å². The molecule has 1 aromatic heterocycles. The molecule has 0 unspecified atom stereocenters. The Kier molecular flexibility index (Phi) is 2.82. The van der Waals surface area contributed by atoms with Crippen molar-refractivity contribution in [2.24, 2.45) is 0 Å². The molecule has 2 heterocycles. The lowest BCUT2D eigenvalue weighted by atomic mass is 10.2. The minimum atomic E-state index is -1.11. The van der Waals surface area contributed by atoms with E-state index in [-0.39, 0.29) is 16.7 Å². The van der Waals surface area contributed by atoms with Gasteiger partial charge in [0.2, 0.25) is 0 Å². The zero-order valence-electron chi connectivity index (χ0n) is 8.27. The fourth-order valence-electron chi connectivity index (χ4n) is 1.54. The van der Waals surface area contributed by atoms with Gasteiger partial charge in [0.15, 0.2) is 0 Å². The molecule has 6 nitrogen and oxygen atoms in total. The molecule has 16 heavy (non-hydrogen) atoms. The van der Waals surface area contributed by atoms with Crippen LogP contribution in [0.3, 0.4) is 0 Å². The Morgan fingerprint density at radius 2 is 2.38 bits per heavy atom. The van der Waals surface area contributed by atoms with Crippen molar-refractivity contribution < 1.29 is 14.6 Å². The summed E-state index contributed by atoms with van der Waals surface area (Å²) in [6.45, 7) is 1.06. The molecule has 0 aromatic carbocycles. The van der Waals surface area contributed by atoms with Crippen LogP contribution in [0.1, 0.15) is 12.0 Å². The van der Waals surface area contributed by atoms with E-state index in [1.54, 1.807) is 0 Å². The summed E-state index contributed by atoms with van der Waals surface area (Å²) in [6, 6.07) is 0.162. The summed E-state index contributed by atoms with van der Waals surface area (Å²) in [6.07, 6.45) is 0.328. The van der Waals surface area contributed by atoms with E-state index >= 15 is 0 Å². The highest BCUT2D eigenvalue weighted by Gasteiger charge is 2.20. The van der Waals surface area contributed by atoms with Crippen molar-refractivity contribution in [3.8, 4) is 6.01 Å². The molecular formula is C9H9ClN2O4. The standard InChI is InChI=1S/C9H9ClN2O4/c10-7-5(4-6(13)14)8(15)11-9-12(7)2-1-3-16-9/h1-4H2,(H,13,14). The Balaban J connectivity index is 2.54. The average molecular weight is 245 g/mol. The number of hydrogen-bond acceptors (Lipinski definition) is 4. The summed E-state index contributed by atoms with van der Waals surface area (Å²) in [7, 11) is 0. The van der Waals surface area contributed by atoms with E-state index in [4.69, 9.17) is 21.4 Å². The molecule has 1 N–H and O–H groups in total. The molecule has 86 valence electrons. The average Bonchev–Trinajstić information content (AvgIpc) is 2.24. The highest BCUT2D eigenvalue weighted by Crippen LogP contribution is 2.21. The lowest BCUT2D eigenvalue weighted by Crippen LogP contribution is -2.26. The second kappa shape index (κ2) is 4.13. The summed E-state index contributed by atoms with van der Waals surface area (Å²) < 4.78 is 6.68. The van der Waals surface area contributed by atoms with Gasteiger partial charge >= 0.3 is 12.0 Å². The van der Waals surface area contributed by atoms with Gasteiger partial charge < -0.3 is 9.84 Å². The van der Waals surface area contributed by atoms with Gasteiger partial charge in [-0.05, 0) is 6.42 Å². The number of fused-ring (bicyclic) bond motifs is 1. The van der Waals surface area contributed by atoms with Gasteiger partial charge in [-0.25, -0.2) is 0 Å². The van der Waals surface area contributed by atoms with E-state index in [2.05, 4.69) is 4.98 Å². The lowest BCUT2D eigenvalue weighted by molar-refractivity contribution is -0.136. The maximum atomic E-state index is 11.5. The maximum Gasteiger partial charge on any atom is 0.308 e. The van der Waals surface area contributed by atoms with Crippen LogP contribution in [0, 0.1) is 0 Å². The highest BCUT2D eigenvalue weighted by atomic mass is 35.5. The molecule has 0 saturated carbocycles. The SMILES string of the molecule is O=C(O)Cc1c(Cl)n2c(nc1=O)OCCC2. The molecule has 0 bridgehead atoms. The number of carbonyl (C=O) groups is 1. The largest absolute Gasteiger partial charge is 0.481 e. The normalized spacial score (nSPS) is 14.1.